The molecule has 19 heteroatoms. The molecule has 1 saturated heterocycles. The van der Waals surface area contributed by atoms with Crippen LogP contribution in [0.15, 0.2) is 18.2 Å². The number of carbonyl (C=O) groups excluding carboxylic acids is 5. The summed E-state index contributed by atoms with van der Waals surface area (Å²) >= 11 is 0. The molecule has 2 rings (SSSR count). The van der Waals surface area contributed by atoms with Gasteiger partial charge < -0.3 is 47.2 Å². The topological polar surface area (TPSA) is 275 Å². The lowest BCUT2D eigenvalue weighted by Gasteiger charge is -2.31. The average molecular weight is 755 g/mol. The lowest BCUT2D eigenvalue weighted by molar-refractivity contribution is -0.148. The van der Waals surface area contributed by atoms with Crippen LogP contribution in [0.2, 0.25) is 0 Å². The molecule has 1 fully saturated rings. The van der Waals surface area contributed by atoms with Crippen LogP contribution in [0.5, 0.6) is 0 Å². The summed E-state index contributed by atoms with van der Waals surface area (Å²) in [5.74, 6) is -11.3. The van der Waals surface area contributed by atoms with Gasteiger partial charge in [-0.05, 0) is 49.1 Å². The molecule has 1 aliphatic heterocycles. The molecule has 9 N–H and O–H groups in total. The first-order valence-corrected chi connectivity index (χ1v) is 17.1. The molecule has 1 aliphatic rings. The van der Waals surface area contributed by atoms with Crippen LogP contribution in [-0.2, 0) is 44.8 Å². The Kier molecular flexibility index (Phi) is 16.7. The van der Waals surface area contributed by atoms with Crippen molar-refractivity contribution in [3.63, 3.8) is 0 Å². The van der Waals surface area contributed by atoms with E-state index in [1.54, 1.807) is 27.7 Å². The lowest BCUT2D eigenvalue weighted by Crippen LogP contribution is -2.60. The number of nitrogens with one attached hydrogen (secondary N) is 4. The molecular weight excluding hydrogens is 706 g/mol. The van der Waals surface area contributed by atoms with Crippen LogP contribution in [0.25, 0.3) is 0 Å². The number of hydrogen-bond acceptors (Lipinski definition) is 9. The van der Waals surface area contributed by atoms with E-state index < -0.39 is 114 Å². The second-order valence-corrected chi connectivity index (χ2v) is 13.6. The minimum Gasteiger partial charge on any atom is -0.481 e. The van der Waals surface area contributed by atoms with Gasteiger partial charge in [0.15, 0.2) is 0 Å². The first-order chi connectivity index (χ1) is 24.7. The average Bonchev–Trinajstić information content (AvgIpc) is 3.55. The third-order valence-corrected chi connectivity index (χ3v) is 8.48. The Morgan fingerprint density at radius 1 is 0.849 bits per heavy atom. The SMILES string of the molecule is CC(C)C[C@H](NC(=O)[C@@H](NC(=O)[C@@H](N)CCC(=O)O)C(C)C)C(=O)N[C@@H](Cc1ccc(F)cc1F)C(=O)N1CCC[C@@H]1C(=O)N[C@@H](CC(=O)O)C(=O)O. The maximum absolute atomic E-state index is 14.9. The van der Waals surface area contributed by atoms with Crippen molar-refractivity contribution >= 4 is 47.4 Å². The van der Waals surface area contributed by atoms with Crippen LogP contribution in [0.1, 0.15) is 71.8 Å². The highest BCUT2D eigenvalue weighted by atomic mass is 19.1. The molecule has 0 spiro atoms. The van der Waals surface area contributed by atoms with Gasteiger partial charge in [-0.1, -0.05) is 33.8 Å². The number of nitrogens with two attached hydrogens (primary N) is 1. The van der Waals surface area contributed by atoms with Crippen LogP contribution in [0.3, 0.4) is 0 Å². The zero-order valence-corrected chi connectivity index (χ0v) is 29.9. The van der Waals surface area contributed by atoms with Crippen LogP contribution in [0, 0.1) is 23.5 Å². The number of nitrogens with zero attached hydrogens (tertiary/aromatic N) is 1. The number of amides is 5. The number of aliphatic carboxylic acids is 3. The zero-order valence-electron chi connectivity index (χ0n) is 29.9. The Labute approximate surface area is 304 Å². The Bertz CT molecular complexity index is 1540. The molecule has 0 saturated carbocycles. The van der Waals surface area contributed by atoms with E-state index in [0.29, 0.717) is 6.07 Å². The number of carbonyl (C=O) groups is 8. The zero-order chi connectivity index (χ0) is 40.2. The molecular formula is C34H48F2N6O11. The summed E-state index contributed by atoms with van der Waals surface area (Å²) < 4.78 is 28.6. The number of hydrogen-bond donors (Lipinski definition) is 8. The molecule has 0 aromatic heterocycles. The van der Waals surface area contributed by atoms with Gasteiger partial charge in [-0.2, -0.15) is 0 Å². The fraction of sp³-hybridized carbons (Fsp3) is 0.588. The largest absolute Gasteiger partial charge is 0.481 e. The Balaban J connectivity index is 2.39. The summed E-state index contributed by atoms with van der Waals surface area (Å²) in [5.41, 5.74) is 5.62. The second-order valence-electron chi connectivity index (χ2n) is 13.6. The molecule has 5 amide bonds. The van der Waals surface area contributed by atoms with E-state index in [1.807, 2.05) is 0 Å². The minimum absolute atomic E-state index is 0.0230. The van der Waals surface area contributed by atoms with E-state index in [9.17, 15) is 52.2 Å². The maximum atomic E-state index is 14.9. The van der Waals surface area contributed by atoms with Crippen molar-refractivity contribution in [3.05, 3.63) is 35.4 Å². The van der Waals surface area contributed by atoms with Crippen LogP contribution < -0.4 is 27.0 Å². The molecule has 53 heavy (non-hydrogen) atoms. The third-order valence-electron chi connectivity index (χ3n) is 8.48. The van der Waals surface area contributed by atoms with Crippen molar-refractivity contribution in [3.8, 4) is 0 Å². The summed E-state index contributed by atoms with van der Waals surface area (Å²) in [6, 6.07) is -5.86. The standard InChI is InChI=1S/C34H48F2N6O11/c1-16(2)12-22(38-32(50)28(17(3)4)41-29(47)21(37)9-10-26(43)44)30(48)39-23(13-18-7-8-19(35)14-20(18)36)33(51)42-11-5-6-25(42)31(49)40-24(34(52)53)15-27(45)46/h7-8,14,16-17,21-25,28H,5-6,9-13,15,37H2,1-4H3,(H,38,50)(H,39,48)(H,40,49)(H,41,47)(H,43,44)(H,45,46)(H,52,53)/t21-,22-,23-,24-,25+,28-/m0/s1. The Morgan fingerprint density at radius 2 is 1.49 bits per heavy atom. The predicted octanol–water partition coefficient (Wildman–Crippen LogP) is -0.109. The third kappa shape index (κ3) is 13.7. The molecule has 0 bridgehead atoms. The first-order valence-electron chi connectivity index (χ1n) is 17.1. The summed E-state index contributed by atoms with van der Waals surface area (Å²) in [4.78, 5) is 102. The van der Waals surface area contributed by atoms with Crippen molar-refractivity contribution in [2.45, 2.75) is 109 Å². The van der Waals surface area contributed by atoms with E-state index in [4.69, 9.17) is 15.9 Å². The minimum atomic E-state index is -1.80. The highest BCUT2D eigenvalue weighted by Crippen LogP contribution is 2.22. The van der Waals surface area contributed by atoms with Gasteiger partial charge in [-0.15, -0.1) is 0 Å². The van der Waals surface area contributed by atoms with Crippen LogP contribution in [0.4, 0.5) is 8.78 Å². The van der Waals surface area contributed by atoms with E-state index in [-0.39, 0.29) is 50.1 Å². The highest BCUT2D eigenvalue weighted by Gasteiger charge is 2.40. The van der Waals surface area contributed by atoms with Crippen LogP contribution in [-0.4, -0.2) is 110 Å². The maximum Gasteiger partial charge on any atom is 0.326 e. The van der Waals surface area contributed by atoms with Gasteiger partial charge >= 0.3 is 17.9 Å². The Morgan fingerprint density at radius 3 is 2.04 bits per heavy atom. The number of likely N-dealkylation sites (tertiary alicyclic amines) is 1. The molecule has 1 heterocycles. The second kappa shape index (κ2) is 20.1. The van der Waals surface area contributed by atoms with Crippen molar-refractivity contribution in [2.75, 3.05) is 6.54 Å². The predicted molar refractivity (Wildman–Crippen MR) is 182 cm³/mol. The molecule has 294 valence electrons. The van der Waals surface area contributed by atoms with Crippen molar-refractivity contribution in [2.24, 2.45) is 17.6 Å². The molecule has 0 aliphatic carbocycles. The van der Waals surface area contributed by atoms with Gasteiger partial charge in [0.25, 0.3) is 0 Å². The first kappa shape index (κ1) is 44.0. The van der Waals surface area contributed by atoms with Gasteiger partial charge in [0, 0.05) is 25.5 Å². The molecule has 17 nitrogen and oxygen atoms in total. The Hall–Kier alpha value is -5.20. The van der Waals surface area contributed by atoms with Gasteiger partial charge in [0.05, 0.1) is 12.5 Å². The molecule has 6 atom stereocenters. The summed E-state index contributed by atoms with van der Waals surface area (Å²) in [6.07, 6.45) is -1.71. The fourth-order valence-electron chi connectivity index (χ4n) is 5.70. The van der Waals surface area contributed by atoms with Crippen molar-refractivity contribution in [1.82, 2.24) is 26.2 Å². The number of carboxylic acids is 3. The summed E-state index contributed by atoms with van der Waals surface area (Å²) in [5, 5.41) is 37.0. The number of carboxylic acid groups (broad SMARTS) is 3. The van der Waals surface area contributed by atoms with Crippen molar-refractivity contribution in [1.29, 1.82) is 0 Å². The quantitative estimate of drug-likeness (QED) is 0.0867. The normalized spacial score (nSPS) is 16.9. The van der Waals surface area contributed by atoms with Gasteiger partial charge in [-0.3, -0.25) is 33.6 Å². The van der Waals surface area contributed by atoms with Gasteiger partial charge in [0.1, 0.15) is 41.8 Å². The van der Waals surface area contributed by atoms with Gasteiger partial charge in [0.2, 0.25) is 29.5 Å². The van der Waals surface area contributed by atoms with Gasteiger partial charge in [-0.25, -0.2) is 13.6 Å². The number of benzene rings is 1. The highest BCUT2D eigenvalue weighted by molar-refractivity contribution is 5.97. The van der Waals surface area contributed by atoms with Crippen molar-refractivity contribution < 1.29 is 62.5 Å². The number of halogens is 2. The summed E-state index contributed by atoms with van der Waals surface area (Å²) in [7, 11) is 0. The molecule has 0 radical (unpaired) electrons. The molecule has 0 unspecified atom stereocenters. The summed E-state index contributed by atoms with van der Waals surface area (Å²) in [6.45, 7) is 6.67. The van der Waals surface area contributed by atoms with E-state index in [1.165, 1.54) is 0 Å². The number of rotatable bonds is 20. The molecule has 1 aromatic rings. The van der Waals surface area contributed by atoms with E-state index in [0.717, 1.165) is 17.0 Å². The monoisotopic (exact) mass is 754 g/mol. The van der Waals surface area contributed by atoms with E-state index in [2.05, 4.69) is 21.3 Å². The fourth-order valence-corrected chi connectivity index (χ4v) is 5.70. The lowest BCUT2D eigenvalue weighted by atomic mass is 9.98. The van der Waals surface area contributed by atoms with E-state index >= 15 is 0 Å². The molecule has 1 aromatic carbocycles. The van der Waals surface area contributed by atoms with Crippen LogP contribution >= 0.6 is 0 Å². The smallest absolute Gasteiger partial charge is 0.326 e.